The zero-order valence-corrected chi connectivity index (χ0v) is 10.1. The Morgan fingerprint density at radius 2 is 2.11 bits per heavy atom. The Bertz CT molecular complexity index is 531. The molecule has 1 aromatic carbocycles. The first-order chi connectivity index (χ1) is 8.65. The largest absolute Gasteiger partial charge is 0.508 e. The number of phenolic OH excluding ortho intramolecular Hbond substituents is 1. The summed E-state index contributed by atoms with van der Waals surface area (Å²) in [5.74, 6) is 0.148. The average Bonchev–Trinajstić information content (AvgIpc) is 2.75. The Morgan fingerprint density at radius 3 is 2.72 bits per heavy atom. The second kappa shape index (κ2) is 5.35. The number of aryl methyl sites for hydroxylation is 1. The lowest BCUT2D eigenvalue weighted by Crippen LogP contribution is -2.24. The molecule has 3 N–H and O–H groups in total. The predicted octanol–water partition coefficient (Wildman–Crippen LogP) is 1.28. The molecule has 0 unspecified atom stereocenters. The summed E-state index contributed by atoms with van der Waals surface area (Å²) in [6.45, 7) is 2.38. The summed E-state index contributed by atoms with van der Waals surface area (Å²) < 4.78 is 0. The van der Waals surface area contributed by atoms with Gasteiger partial charge in [-0.3, -0.25) is 9.89 Å². The summed E-state index contributed by atoms with van der Waals surface area (Å²) in [5.41, 5.74) is 2.81. The van der Waals surface area contributed by atoms with Gasteiger partial charge in [0.2, 0.25) is 5.91 Å². The summed E-state index contributed by atoms with van der Waals surface area (Å²) >= 11 is 0. The maximum Gasteiger partial charge on any atom is 0.224 e. The maximum atomic E-state index is 11.7. The zero-order chi connectivity index (χ0) is 13.0. The van der Waals surface area contributed by atoms with E-state index in [1.165, 1.54) is 0 Å². The maximum absolute atomic E-state index is 11.7. The molecule has 5 heteroatoms. The van der Waals surface area contributed by atoms with Gasteiger partial charge < -0.3 is 10.4 Å². The smallest absolute Gasteiger partial charge is 0.224 e. The van der Waals surface area contributed by atoms with Crippen molar-refractivity contribution >= 4 is 5.91 Å². The zero-order valence-electron chi connectivity index (χ0n) is 10.1. The number of aromatic nitrogens is 2. The minimum Gasteiger partial charge on any atom is -0.508 e. The molecule has 0 atom stereocenters. The number of nitrogens with zero attached hydrogens (tertiary/aromatic N) is 1. The van der Waals surface area contributed by atoms with E-state index in [4.69, 9.17) is 5.11 Å². The van der Waals surface area contributed by atoms with Crippen LogP contribution in [0.2, 0.25) is 0 Å². The van der Waals surface area contributed by atoms with E-state index >= 15 is 0 Å². The molecule has 1 aromatic heterocycles. The first-order valence-electron chi connectivity index (χ1n) is 5.68. The van der Waals surface area contributed by atoms with Crippen molar-refractivity contribution in [3.63, 3.8) is 0 Å². The monoisotopic (exact) mass is 245 g/mol. The van der Waals surface area contributed by atoms with Crippen LogP contribution in [0, 0.1) is 6.92 Å². The van der Waals surface area contributed by atoms with E-state index in [-0.39, 0.29) is 11.7 Å². The van der Waals surface area contributed by atoms with Gasteiger partial charge in [0.05, 0.1) is 12.6 Å². The van der Waals surface area contributed by atoms with Gasteiger partial charge in [-0.05, 0) is 24.6 Å². The first-order valence-corrected chi connectivity index (χ1v) is 5.68. The number of amides is 1. The van der Waals surface area contributed by atoms with Gasteiger partial charge in [-0.1, -0.05) is 12.1 Å². The third-order valence-corrected chi connectivity index (χ3v) is 2.71. The summed E-state index contributed by atoms with van der Waals surface area (Å²) in [5, 5.41) is 18.7. The van der Waals surface area contributed by atoms with Crippen LogP contribution in [0.1, 0.15) is 16.8 Å². The number of aromatic amines is 1. The van der Waals surface area contributed by atoms with Crippen molar-refractivity contribution in [2.75, 3.05) is 0 Å². The number of benzene rings is 1. The molecule has 1 heterocycles. The first kappa shape index (κ1) is 12.2. The van der Waals surface area contributed by atoms with Gasteiger partial charge in [-0.25, -0.2) is 0 Å². The lowest BCUT2D eigenvalue weighted by molar-refractivity contribution is -0.120. The fraction of sp³-hybridized carbons (Fsp3) is 0.231. The normalized spacial score (nSPS) is 10.3. The Kier molecular flexibility index (Phi) is 3.62. The van der Waals surface area contributed by atoms with Crippen molar-refractivity contribution in [3.05, 3.63) is 47.3 Å². The molecule has 94 valence electrons. The summed E-state index contributed by atoms with van der Waals surface area (Å²) in [4.78, 5) is 11.7. The molecule has 0 saturated heterocycles. The lowest BCUT2D eigenvalue weighted by atomic mass is 10.1. The third kappa shape index (κ3) is 3.10. The number of phenols is 1. The van der Waals surface area contributed by atoms with E-state index in [0.29, 0.717) is 13.0 Å². The number of aromatic hydroxyl groups is 1. The van der Waals surface area contributed by atoms with Crippen LogP contribution >= 0.6 is 0 Å². The molecule has 0 aliphatic rings. The molecule has 0 saturated carbocycles. The van der Waals surface area contributed by atoms with E-state index < -0.39 is 0 Å². The van der Waals surface area contributed by atoms with Crippen molar-refractivity contribution in [2.45, 2.75) is 19.9 Å². The van der Waals surface area contributed by atoms with Crippen molar-refractivity contribution in [1.82, 2.24) is 15.5 Å². The summed E-state index contributed by atoms with van der Waals surface area (Å²) in [6, 6.07) is 6.61. The molecule has 0 fully saturated rings. The van der Waals surface area contributed by atoms with E-state index in [1.54, 1.807) is 30.5 Å². The van der Waals surface area contributed by atoms with Crippen LogP contribution < -0.4 is 5.32 Å². The van der Waals surface area contributed by atoms with Gasteiger partial charge in [0.15, 0.2) is 0 Å². The fourth-order valence-corrected chi connectivity index (χ4v) is 1.61. The second-order valence-electron chi connectivity index (χ2n) is 4.14. The average molecular weight is 245 g/mol. The highest BCUT2D eigenvalue weighted by Crippen LogP contribution is 2.10. The topological polar surface area (TPSA) is 78.0 Å². The van der Waals surface area contributed by atoms with Gasteiger partial charge >= 0.3 is 0 Å². The predicted molar refractivity (Wildman–Crippen MR) is 67.0 cm³/mol. The van der Waals surface area contributed by atoms with Gasteiger partial charge in [-0.2, -0.15) is 5.10 Å². The summed E-state index contributed by atoms with van der Waals surface area (Å²) in [6.07, 6.45) is 2.01. The van der Waals surface area contributed by atoms with Gasteiger partial charge in [0, 0.05) is 17.8 Å². The number of nitrogens with one attached hydrogen (secondary N) is 2. The van der Waals surface area contributed by atoms with Gasteiger partial charge in [0.25, 0.3) is 0 Å². The Hall–Kier alpha value is -2.30. The lowest BCUT2D eigenvalue weighted by Gasteiger charge is -2.04. The van der Waals surface area contributed by atoms with E-state index in [2.05, 4.69) is 15.5 Å². The summed E-state index contributed by atoms with van der Waals surface area (Å²) in [7, 11) is 0. The van der Waals surface area contributed by atoms with Crippen molar-refractivity contribution in [1.29, 1.82) is 0 Å². The minimum atomic E-state index is -0.0544. The van der Waals surface area contributed by atoms with Crippen LogP contribution in [0.5, 0.6) is 5.75 Å². The van der Waals surface area contributed by atoms with Crippen LogP contribution in [0.25, 0.3) is 0 Å². The molecule has 0 bridgehead atoms. The Morgan fingerprint density at radius 1 is 1.39 bits per heavy atom. The number of carbonyl (C=O) groups excluding carboxylic acids is 1. The number of H-pyrrole nitrogens is 1. The number of hydrogen-bond donors (Lipinski definition) is 3. The highest BCUT2D eigenvalue weighted by atomic mass is 16.3. The van der Waals surface area contributed by atoms with Crippen molar-refractivity contribution in [2.24, 2.45) is 0 Å². The SMILES string of the molecule is Cc1[nH]ncc1CNC(=O)Cc1ccc(O)cc1. The van der Waals surface area contributed by atoms with Crippen LogP contribution in [0.4, 0.5) is 0 Å². The molecule has 0 spiro atoms. The number of rotatable bonds is 4. The molecular weight excluding hydrogens is 230 g/mol. The van der Waals surface area contributed by atoms with Gasteiger partial charge in [0.1, 0.15) is 5.75 Å². The van der Waals surface area contributed by atoms with Crippen LogP contribution in [-0.2, 0) is 17.8 Å². The Labute approximate surface area is 105 Å². The minimum absolute atomic E-state index is 0.0544. The van der Waals surface area contributed by atoms with E-state index in [9.17, 15) is 4.79 Å². The molecule has 5 nitrogen and oxygen atoms in total. The van der Waals surface area contributed by atoms with E-state index in [1.807, 2.05) is 6.92 Å². The fourth-order valence-electron chi connectivity index (χ4n) is 1.61. The Balaban J connectivity index is 1.86. The number of hydrogen-bond acceptors (Lipinski definition) is 3. The van der Waals surface area contributed by atoms with Crippen LogP contribution in [-0.4, -0.2) is 21.2 Å². The molecule has 1 amide bonds. The standard InChI is InChI=1S/C13H15N3O2/c1-9-11(8-15-16-9)7-14-13(18)6-10-2-4-12(17)5-3-10/h2-5,8,17H,6-7H2,1H3,(H,14,18)(H,15,16). The van der Waals surface area contributed by atoms with Crippen molar-refractivity contribution in [3.8, 4) is 5.75 Å². The quantitative estimate of drug-likeness (QED) is 0.759. The molecule has 2 aromatic rings. The molecule has 18 heavy (non-hydrogen) atoms. The van der Waals surface area contributed by atoms with Crippen LogP contribution in [0.3, 0.4) is 0 Å². The molecule has 0 aliphatic heterocycles. The third-order valence-electron chi connectivity index (χ3n) is 2.71. The molecule has 0 radical (unpaired) electrons. The van der Waals surface area contributed by atoms with Gasteiger partial charge in [-0.15, -0.1) is 0 Å². The second-order valence-corrected chi connectivity index (χ2v) is 4.14. The van der Waals surface area contributed by atoms with E-state index in [0.717, 1.165) is 16.8 Å². The van der Waals surface area contributed by atoms with Crippen molar-refractivity contribution < 1.29 is 9.90 Å². The molecular formula is C13H15N3O2. The highest BCUT2D eigenvalue weighted by molar-refractivity contribution is 5.78. The van der Waals surface area contributed by atoms with Crippen LogP contribution in [0.15, 0.2) is 30.5 Å². The molecule has 2 rings (SSSR count). The number of carbonyl (C=O) groups is 1. The molecule has 0 aliphatic carbocycles. The highest BCUT2D eigenvalue weighted by Gasteiger charge is 2.05.